The molecule has 0 amide bonds. The zero-order valence-electron chi connectivity index (χ0n) is 11.1. The molecular weight excluding hydrogens is 268 g/mol. The number of furan rings is 1. The molecule has 2 heterocycles. The molecule has 1 aliphatic rings. The van der Waals surface area contributed by atoms with Gasteiger partial charge in [0.1, 0.15) is 22.7 Å². The molecule has 0 unspecified atom stereocenters. The summed E-state index contributed by atoms with van der Waals surface area (Å²) in [7, 11) is 0. The fraction of sp³-hybridized carbons (Fsp3) is 0.118. The summed E-state index contributed by atoms with van der Waals surface area (Å²) in [6.45, 7) is 0.527. The Kier molecular flexibility index (Phi) is 2.51. The third-order valence-corrected chi connectivity index (χ3v) is 3.72. The van der Waals surface area contributed by atoms with E-state index in [0.717, 1.165) is 28.5 Å². The van der Waals surface area contributed by atoms with Crippen molar-refractivity contribution in [2.45, 2.75) is 6.42 Å². The number of carboxylic acids is 1. The number of benzene rings is 2. The first-order chi connectivity index (χ1) is 10.2. The summed E-state index contributed by atoms with van der Waals surface area (Å²) in [5.41, 5.74) is 2.68. The highest BCUT2D eigenvalue weighted by atomic mass is 16.5. The number of carbonyl (C=O) groups is 1. The predicted molar refractivity (Wildman–Crippen MR) is 77.8 cm³/mol. The summed E-state index contributed by atoms with van der Waals surface area (Å²) < 4.78 is 11.2. The minimum absolute atomic E-state index is 0.195. The van der Waals surface area contributed by atoms with Crippen molar-refractivity contribution < 1.29 is 19.1 Å². The monoisotopic (exact) mass is 280 g/mol. The molecule has 1 aliphatic heterocycles. The molecule has 4 nitrogen and oxygen atoms in total. The van der Waals surface area contributed by atoms with Crippen LogP contribution in [0.1, 0.15) is 15.9 Å². The van der Waals surface area contributed by atoms with Gasteiger partial charge in [0.15, 0.2) is 0 Å². The maximum Gasteiger partial charge on any atom is 0.339 e. The molecule has 0 fully saturated rings. The molecule has 0 saturated carbocycles. The average molecular weight is 280 g/mol. The van der Waals surface area contributed by atoms with Gasteiger partial charge in [-0.1, -0.05) is 18.2 Å². The van der Waals surface area contributed by atoms with Gasteiger partial charge in [-0.15, -0.1) is 0 Å². The van der Waals surface area contributed by atoms with Crippen LogP contribution in [0.5, 0.6) is 5.75 Å². The molecule has 0 saturated heterocycles. The third-order valence-electron chi connectivity index (χ3n) is 3.72. The van der Waals surface area contributed by atoms with Gasteiger partial charge in [0.05, 0.1) is 6.61 Å². The molecule has 1 aromatic heterocycles. The summed E-state index contributed by atoms with van der Waals surface area (Å²) in [6.07, 6.45) is 0.726. The van der Waals surface area contributed by atoms with E-state index in [1.807, 2.05) is 36.4 Å². The molecule has 4 heteroatoms. The SMILES string of the molecule is O=C(O)c1cc(-c2cc3ccccc3o2)cc2c1OCC2. The van der Waals surface area contributed by atoms with E-state index in [2.05, 4.69) is 0 Å². The van der Waals surface area contributed by atoms with E-state index in [1.165, 1.54) is 0 Å². The Morgan fingerprint density at radius 1 is 1.14 bits per heavy atom. The molecule has 0 bridgehead atoms. The Balaban J connectivity index is 1.92. The van der Waals surface area contributed by atoms with E-state index >= 15 is 0 Å². The van der Waals surface area contributed by atoms with Gasteiger partial charge < -0.3 is 14.3 Å². The number of carboxylic acid groups (broad SMARTS) is 1. The number of hydrogen-bond acceptors (Lipinski definition) is 3. The van der Waals surface area contributed by atoms with Gasteiger partial charge in [-0.05, 0) is 29.8 Å². The van der Waals surface area contributed by atoms with Crippen molar-refractivity contribution in [2.75, 3.05) is 6.61 Å². The lowest BCUT2D eigenvalue weighted by atomic mass is 10.0. The van der Waals surface area contributed by atoms with Crippen LogP contribution in [0.15, 0.2) is 46.9 Å². The van der Waals surface area contributed by atoms with Crippen LogP contribution in [0, 0.1) is 0 Å². The van der Waals surface area contributed by atoms with Gasteiger partial charge in [-0.2, -0.15) is 0 Å². The number of fused-ring (bicyclic) bond motifs is 2. The second-order valence-electron chi connectivity index (χ2n) is 5.06. The maximum atomic E-state index is 11.4. The zero-order chi connectivity index (χ0) is 14.4. The first kappa shape index (κ1) is 12.0. The summed E-state index contributed by atoms with van der Waals surface area (Å²) in [4.78, 5) is 11.4. The van der Waals surface area contributed by atoms with E-state index in [0.29, 0.717) is 18.1 Å². The second-order valence-corrected chi connectivity index (χ2v) is 5.06. The van der Waals surface area contributed by atoms with Crippen molar-refractivity contribution in [3.63, 3.8) is 0 Å². The molecule has 104 valence electrons. The highest BCUT2D eigenvalue weighted by molar-refractivity contribution is 5.94. The largest absolute Gasteiger partial charge is 0.492 e. The number of aromatic carboxylic acids is 1. The Hall–Kier alpha value is -2.75. The molecule has 0 aliphatic carbocycles. The molecule has 3 aromatic rings. The van der Waals surface area contributed by atoms with Crippen molar-refractivity contribution in [1.82, 2.24) is 0 Å². The van der Waals surface area contributed by atoms with Crippen molar-refractivity contribution in [3.05, 3.63) is 53.6 Å². The number of hydrogen-bond donors (Lipinski definition) is 1. The Morgan fingerprint density at radius 2 is 2.00 bits per heavy atom. The van der Waals surface area contributed by atoms with Crippen LogP contribution in [-0.2, 0) is 6.42 Å². The summed E-state index contributed by atoms with van der Waals surface area (Å²) in [5.74, 6) is 0.182. The first-order valence-electron chi connectivity index (χ1n) is 6.74. The standard InChI is InChI=1S/C17H12O4/c18-17(19)13-8-12(7-11-5-6-20-16(11)13)15-9-10-3-1-2-4-14(10)21-15/h1-4,7-9H,5-6H2,(H,18,19). The topological polar surface area (TPSA) is 59.7 Å². The molecule has 0 radical (unpaired) electrons. The minimum Gasteiger partial charge on any atom is -0.492 e. The van der Waals surface area contributed by atoms with Crippen molar-refractivity contribution in [1.29, 1.82) is 0 Å². The van der Waals surface area contributed by atoms with Gasteiger partial charge in [0.2, 0.25) is 0 Å². The molecule has 4 rings (SSSR count). The molecule has 0 spiro atoms. The summed E-state index contributed by atoms with van der Waals surface area (Å²) >= 11 is 0. The summed E-state index contributed by atoms with van der Waals surface area (Å²) in [5, 5.41) is 10.4. The van der Waals surface area contributed by atoms with Gasteiger partial charge in [-0.25, -0.2) is 4.79 Å². The quantitative estimate of drug-likeness (QED) is 0.777. The average Bonchev–Trinajstić information content (AvgIpc) is 3.11. The normalized spacial score (nSPS) is 13.1. The van der Waals surface area contributed by atoms with E-state index < -0.39 is 5.97 Å². The van der Waals surface area contributed by atoms with Gasteiger partial charge >= 0.3 is 5.97 Å². The van der Waals surface area contributed by atoms with Crippen molar-refractivity contribution >= 4 is 16.9 Å². The molecule has 2 aromatic carbocycles. The Labute approximate surface area is 120 Å². The van der Waals surface area contributed by atoms with E-state index in [9.17, 15) is 9.90 Å². The fourth-order valence-corrected chi connectivity index (χ4v) is 2.73. The second kappa shape index (κ2) is 4.38. The van der Waals surface area contributed by atoms with Crippen molar-refractivity contribution in [2.24, 2.45) is 0 Å². The van der Waals surface area contributed by atoms with Crippen LogP contribution in [-0.4, -0.2) is 17.7 Å². The molecular formula is C17H12O4. The molecule has 0 atom stereocenters. The van der Waals surface area contributed by atoms with Crippen LogP contribution in [0.3, 0.4) is 0 Å². The van der Waals surface area contributed by atoms with Gasteiger partial charge in [0, 0.05) is 17.4 Å². The smallest absolute Gasteiger partial charge is 0.339 e. The summed E-state index contributed by atoms with van der Waals surface area (Å²) in [6, 6.07) is 13.2. The van der Waals surface area contributed by atoms with Gasteiger partial charge in [-0.3, -0.25) is 0 Å². The minimum atomic E-state index is -0.980. The van der Waals surface area contributed by atoms with E-state index in [-0.39, 0.29) is 5.56 Å². The van der Waals surface area contributed by atoms with Crippen LogP contribution in [0.25, 0.3) is 22.3 Å². The first-order valence-corrected chi connectivity index (χ1v) is 6.74. The lowest BCUT2D eigenvalue weighted by Crippen LogP contribution is -2.00. The van der Waals surface area contributed by atoms with Crippen LogP contribution < -0.4 is 4.74 Å². The highest BCUT2D eigenvalue weighted by Gasteiger charge is 2.23. The maximum absolute atomic E-state index is 11.4. The Morgan fingerprint density at radius 3 is 2.81 bits per heavy atom. The van der Waals surface area contributed by atoms with Gasteiger partial charge in [0.25, 0.3) is 0 Å². The predicted octanol–water partition coefficient (Wildman–Crippen LogP) is 3.73. The van der Waals surface area contributed by atoms with Crippen LogP contribution in [0.2, 0.25) is 0 Å². The van der Waals surface area contributed by atoms with Crippen molar-refractivity contribution in [3.8, 4) is 17.1 Å². The van der Waals surface area contributed by atoms with E-state index in [4.69, 9.17) is 9.15 Å². The third kappa shape index (κ3) is 1.88. The number of para-hydroxylation sites is 1. The zero-order valence-corrected chi connectivity index (χ0v) is 11.1. The Bertz CT molecular complexity index is 827. The number of rotatable bonds is 2. The lowest BCUT2D eigenvalue weighted by Gasteiger charge is -2.06. The highest BCUT2D eigenvalue weighted by Crippen LogP contribution is 2.36. The number of ether oxygens (including phenoxy) is 1. The fourth-order valence-electron chi connectivity index (χ4n) is 2.73. The van der Waals surface area contributed by atoms with Crippen LogP contribution in [0.4, 0.5) is 0 Å². The molecule has 1 N–H and O–H groups in total. The molecule has 21 heavy (non-hydrogen) atoms. The lowest BCUT2D eigenvalue weighted by molar-refractivity contribution is 0.0693. The van der Waals surface area contributed by atoms with Crippen LogP contribution >= 0.6 is 0 Å². The van der Waals surface area contributed by atoms with E-state index in [1.54, 1.807) is 6.07 Å².